The smallest absolute Gasteiger partial charge is 0.254 e. The van der Waals surface area contributed by atoms with Gasteiger partial charge in [0.2, 0.25) is 5.91 Å². The number of nitrogens with zero attached hydrogens (tertiary/aromatic N) is 3. The van der Waals surface area contributed by atoms with Crippen LogP contribution in [0.4, 0.5) is 0 Å². The summed E-state index contributed by atoms with van der Waals surface area (Å²) in [5, 5.41) is 0. The van der Waals surface area contributed by atoms with E-state index in [-0.39, 0.29) is 18.4 Å². The van der Waals surface area contributed by atoms with E-state index in [0.29, 0.717) is 5.56 Å². The lowest BCUT2D eigenvalue weighted by Crippen LogP contribution is -2.39. The van der Waals surface area contributed by atoms with Gasteiger partial charge in [-0.2, -0.15) is 0 Å². The van der Waals surface area contributed by atoms with Crippen molar-refractivity contribution >= 4 is 11.8 Å². The van der Waals surface area contributed by atoms with Crippen LogP contribution in [0.15, 0.2) is 24.3 Å². The van der Waals surface area contributed by atoms with Gasteiger partial charge in [-0.25, -0.2) is 0 Å². The molecular formula is C19H29N3O2. The van der Waals surface area contributed by atoms with Crippen molar-refractivity contribution < 1.29 is 9.59 Å². The number of carbonyl (C=O) groups is 2. The van der Waals surface area contributed by atoms with Crippen molar-refractivity contribution in [2.75, 3.05) is 39.8 Å². The quantitative estimate of drug-likeness (QED) is 0.769. The van der Waals surface area contributed by atoms with Gasteiger partial charge in [0.1, 0.15) is 0 Å². The fraction of sp³-hybridized carbons (Fsp3) is 0.579. The fourth-order valence-corrected chi connectivity index (χ4v) is 3.02. The first-order chi connectivity index (χ1) is 11.5. The first-order valence-electron chi connectivity index (χ1n) is 8.89. The molecule has 1 heterocycles. The summed E-state index contributed by atoms with van der Waals surface area (Å²) >= 11 is 0. The second kappa shape index (κ2) is 8.83. The second-order valence-electron chi connectivity index (χ2n) is 6.41. The van der Waals surface area contributed by atoms with Gasteiger partial charge in [-0.05, 0) is 43.6 Å². The van der Waals surface area contributed by atoms with Gasteiger partial charge in [-0.1, -0.05) is 26.0 Å². The largest absolute Gasteiger partial charge is 0.341 e. The number of hydrogen-bond acceptors (Lipinski definition) is 3. The zero-order valence-electron chi connectivity index (χ0n) is 15.1. The van der Waals surface area contributed by atoms with E-state index in [4.69, 9.17) is 0 Å². The molecular weight excluding hydrogens is 302 g/mol. The van der Waals surface area contributed by atoms with Crippen molar-refractivity contribution in [3.05, 3.63) is 35.4 Å². The van der Waals surface area contributed by atoms with Crippen LogP contribution >= 0.6 is 0 Å². The van der Waals surface area contributed by atoms with Crippen molar-refractivity contribution in [2.24, 2.45) is 0 Å². The summed E-state index contributed by atoms with van der Waals surface area (Å²) in [6.45, 7) is 9.01. The highest BCUT2D eigenvalue weighted by atomic mass is 16.2. The molecule has 1 aliphatic heterocycles. The molecule has 0 N–H and O–H groups in total. The molecule has 1 aliphatic rings. The highest BCUT2D eigenvalue weighted by Crippen LogP contribution is 2.11. The maximum Gasteiger partial charge on any atom is 0.254 e. The average molecular weight is 331 g/mol. The first kappa shape index (κ1) is 18.5. The van der Waals surface area contributed by atoms with Gasteiger partial charge in [-0.3, -0.25) is 14.5 Å². The van der Waals surface area contributed by atoms with E-state index in [1.165, 1.54) is 10.5 Å². The van der Waals surface area contributed by atoms with Crippen molar-refractivity contribution in [2.45, 2.75) is 33.2 Å². The van der Waals surface area contributed by atoms with Gasteiger partial charge >= 0.3 is 0 Å². The van der Waals surface area contributed by atoms with E-state index in [1.54, 1.807) is 7.05 Å². The molecule has 0 spiro atoms. The third kappa shape index (κ3) is 4.81. The van der Waals surface area contributed by atoms with Crippen LogP contribution in [0.25, 0.3) is 0 Å². The summed E-state index contributed by atoms with van der Waals surface area (Å²) in [4.78, 5) is 30.3. The van der Waals surface area contributed by atoms with Gasteiger partial charge in [0, 0.05) is 32.2 Å². The molecule has 1 saturated heterocycles. The molecule has 2 amide bonds. The van der Waals surface area contributed by atoms with Gasteiger partial charge in [0.05, 0.1) is 6.54 Å². The fourth-order valence-electron chi connectivity index (χ4n) is 3.02. The van der Waals surface area contributed by atoms with Crippen LogP contribution in [0.3, 0.4) is 0 Å². The molecule has 1 aromatic carbocycles. The van der Waals surface area contributed by atoms with Gasteiger partial charge in [0.25, 0.3) is 5.91 Å². The molecule has 0 atom stereocenters. The minimum absolute atomic E-state index is 0.0431. The minimum atomic E-state index is -0.100. The third-order valence-corrected chi connectivity index (χ3v) is 4.68. The summed E-state index contributed by atoms with van der Waals surface area (Å²) in [5.74, 6) is -0.0570. The molecule has 24 heavy (non-hydrogen) atoms. The van der Waals surface area contributed by atoms with Crippen LogP contribution in [-0.2, 0) is 11.3 Å². The molecule has 0 aliphatic carbocycles. The monoisotopic (exact) mass is 331 g/mol. The third-order valence-electron chi connectivity index (χ3n) is 4.68. The molecule has 0 saturated carbocycles. The van der Waals surface area contributed by atoms with E-state index in [1.807, 2.05) is 29.2 Å². The van der Waals surface area contributed by atoms with E-state index in [2.05, 4.69) is 18.7 Å². The number of benzene rings is 1. The van der Waals surface area contributed by atoms with Crippen LogP contribution in [-0.4, -0.2) is 66.3 Å². The summed E-state index contributed by atoms with van der Waals surface area (Å²) in [7, 11) is 1.69. The molecule has 5 nitrogen and oxygen atoms in total. The van der Waals surface area contributed by atoms with Crippen molar-refractivity contribution in [1.29, 1.82) is 0 Å². The Morgan fingerprint density at radius 2 is 1.62 bits per heavy atom. The van der Waals surface area contributed by atoms with Gasteiger partial charge < -0.3 is 9.80 Å². The van der Waals surface area contributed by atoms with Crippen molar-refractivity contribution in [3.63, 3.8) is 0 Å². The molecule has 5 heteroatoms. The number of hydrogen-bond donors (Lipinski definition) is 0. The zero-order chi connectivity index (χ0) is 17.5. The highest BCUT2D eigenvalue weighted by molar-refractivity contribution is 5.96. The Bertz CT molecular complexity index is 546. The van der Waals surface area contributed by atoms with Crippen LogP contribution in [0.5, 0.6) is 0 Å². The van der Waals surface area contributed by atoms with Gasteiger partial charge in [0.15, 0.2) is 0 Å². The molecule has 0 aromatic heterocycles. The Morgan fingerprint density at radius 1 is 1.04 bits per heavy atom. The summed E-state index contributed by atoms with van der Waals surface area (Å²) in [6.07, 6.45) is 2.13. The molecule has 0 unspecified atom stereocenters. The predicted octanol–water partition coefficient (Wildman–Crippen LogP) is 2.22. The maximum absolute atomic E-state index is 12.5. The lowest BCUT2D eigenvalue weighted by molar-refractivity contribution is -0.130. The molecule has 0 radical (unpaired) electrons. The molecule has 132 valence electrons. The number of carbonyl (C=O) groups excluding carboxylic acids is 2. The SMILES string of the molecule is CCN(CC)Cc1ccc(C(=O)N(C)CC(=O)N2CCCC2)cc1. The molecule has 0 bridgehead atoms. The Morgan fingerprint density at radius 3 is 2.17 bits per heavy atom. The topological polar surface area (TPSA) is 43.9 Å². The number of likely N-dealkylation sites (N-methyl/N-ethyl adjacent to an activating group) is 1. The minimum Gasteiger partial charge on any atom is -0.341 e. The summed E-state index contributed by atoms with van der Waals surface area (Å²) in [6, 6.07) is 7.72. The Labute approximate surface area is 145 Å². The van der Waals surface area contributed by atoms with E-state index in [0.717, 1.165) is 45.6 Å². The Kier molecular flexibility index (Phi) is 6.79. The standard InChI is InChI=1S/C19H29N3O2/c1-4-21(5-2)14-16-8-10-17(11-9-16)19(24)20(3)15-18(23)22-12-6-7-13-22/h8-11H,4-7,12-15H2,1-3H3. The van der Waals surface area contributed by atoms with Crippen LogP contribution in [0, 0.1) is 0 Å². The Balaban J connectivity index is 1.92. The average Bonchev–Trinajstić information content (AvgIpc) is 3.14. The summed E-state index contributed by atoms with van der Waals surface area (Å²) in [5.41, 5.74) is 1.83. The first-order valence-corrected chi connectivity index (χ1v) is 8.89. The normalized spacial score (nSPS) is 14.2. The maximum atomic E-state index is 12.5. The highest BCUT2D eigenvalue weighted by Gasteiger charge is 2.21. The van der Waals surface area contributed by atoms with E-state index < -0.39 is 0 Å². The van der Waals surface area contributed by atoms with Gasteiger partial charge in [-0.15, -0.1) is 0 Å². The summed E-state index contributed by atoms with van der Waals surface area (Å²) < 4.78 is 0. The lowest BCUT2D eigenvalue weighted by Gasteiger charge is -2.22. The number of likely N-dealkylation sites (tertiary alicyclic amines) is 1. The second-order valence-corrected chi connectivity index (χ2v) is 6.41. The van der Waals surface area contributed by atoms with Crippen LogP contribution in [0.2, 0.25) is 0 Å². The van der Waals surface area contributed by atoms with Crippen molar-refractivity contribution in [3.8, 4) is 0 Å². The zero-order valence-corrected chi connectivity index (χ0v) is 15.1. The predicted molar refractivity (Wildman–Crippen MR) is 95.8 cm³/mol. The number of rotatable bonds is 7. The number of amides is 2. The van der Waals surface area contributed by atoms with Crippen molar-refractivity contribution in [1.82, 2.24) is 14.7 Å². The van der Waals surface area contributed by atoms with Crippen LogP contribution in [0.1, 0.15) is 42.6 Å². The lowest BCUT2D eigenvalue weighted by atomic mass is 10.1. The van der Waals surface area contributed by atoms with E-state index >= 15 is 0 Å². The van der Waals surface area contributed by atoms with Crippen LogP contribution < -0.4 is 0 Å². The molecule has 1 fully saturated rings. The van der Waals surface area contributed by atoms with E-state index in [9.17, 15) is 9.59 Å². The molecule has 2 rings (SSSR count). The Hall–Kier alpha value is -1.88. The molecule has 1 aromatic rings.